The van der Waals surface area contributed by atoms with Gasteiger partial charge in [0.2, 0.25) is 0 Å². The molecule has 0 bridgehead atoms. The second-order valence-electron chi connectivity index (χ2n) is 8.81. The molecule has 2 atom stereocenters. The number of hydrogen-bond acceptors (Lipinski definition) is 5. The SMILES string of the molecule is CCOC(=O)C1=C(CN2CCN(C(=O)NC(C)C)C(C)C2)N(C)C(=O)NC1c1ccccc1. The van der Waals surface area contributed by atoms with Gasteiger partial charge in [-0.25, -0.2) is 14.4 Å². The Hall–Kier alpha value is -3.07. The molecule has 0 spiro atoms. The molecule has 2 aliphatic rings. The van der Waals surface area contributed by atoms with E-state index in [0.717, 1.165) is 5.56 Å². The maximum Gasteiger partial charge on any atom is 0.338 e. The van der Waals surface area contributed by atoms with Crippen LogP contribution in [0.25, 0.3) is 0 Å². The summed E-state index contributed by atoms with van der Waals surface area (Å²) in [6, 6.07) is 8.59. The first-order valence-corrected chi connectivity index (χ1v) is 11.5. The summed E-state index contributed by atoms with van der Waals surface area (Å²) in [5.74, 6) is -0.434. The molecule has 33 heavy (non-hydrogen) atoms. The van der Waals surface area contributed by atoms with Crippen LogP contribution in [0.15, 0.2) is 41.6 Å². The molecule has 2 N–H and O–H groups in total. The highest BCUT2D eigenvalue weighted by molar-refractivity contribution is 5.95. The molecule has 2 heterocycles. The summed E-state index contributed by atoms with van der Waals surface area (Å²) < 4.78 is 5.39. The van der Waals surface area contributed by atoms with Crippen molar-refractivity contribution in [3.8, 4) is 0 Å². The Morgan fingerprint density at radius 2 is 1.91 bits per heavy atom. The van der Waals surface area contributed by atoms with E-state index in [2.05, 4.69) is 15.5 Å². The molecule has 3 rings (SSSR count). The fourth-order valence-electron chi connectivity index (χ4n) is 4.31. The van der Waals surface area contributed by atoms with Crippen LogP contribution >= 0.6 is 0 Å². The first kappa shape index (κ1) is 24.6. The summed E-state index contributed by atoms with van der Waals surface area (Å²) in [5.41, 5.74) is 1.89. The Morgan fingerprint density at radius 1 is 1.21 bits per heavy atom. The summed E-state index contributed by atoms with van der Waals surface area (Å²) in [4.78, 5) is 43.9. The van der Waals surface area contributed by atoms with Crippen molar-refractivity contribution in [1.29, 1.82) is 0 Å². The van der Waals surface area contributed by atoms with E-state index in [1.807, 2.05) is 56.0 Å². The second-order valence-corrected chi connectivity index (χ2v) is 8.81. The molecule has 0 saturated carbocycles. The molecule has 2 unspecified atom stereocenters. The maximum atomic E-state index is 13.1. The summed E-state index contributed by atoms with van der Waals surface area (Å²) >= 11 is 0. The first-order valence-electron chi connectivity index (χ1n) is 11.5. The molecule has 0 aromatic heterocycles. The molecular formula is C24H35N5O4. The highest BCUT2D eigenvalue weighted by Crippen LogP contribution is 2.31. The van der Waals surface area contributed by atoms with Crippen LogP contribution < -0.4 is 10.6 Å². The van der Waals surface area contributed by atoms with Crippen LogP contribution in [0.5, 0.6) is 0 Å². The third kappa shape index (κ3) is 5.65. The number of carbonyl (C=O) groups excluding carboxylic acids is 3. The molecule has 2 aliphatic heterocycles. The van der Waals surface area contributed by atoms with Crippen LogP contribution in [-0.2, 0) is 9.53 Å². The monoisotopic (exact) mass is 457 g/mol. The quantitative estimate of drug-likeness (QED) is 0.640. The van der Waals surface area contributed by atoms with Crippen LogP contribution in [0, 0.1) is 0 Å². The minimum Gasteiger partial charge on any atom is -0.463 e. The van der Waals surface area contributed by atoms with Crippen LogP contribution in [0.2, 0.25) is 0 Å². The second kappa shape index (κ2) is 10.7. The number of nitrogens with one attached hydrogen (secondary N) is 2. The summed E-state index contributed by atoms with van der Waals surface area (Å²) in [7, 11) is 1.67. The minimum atomic E-state index is -0.584. The number of urea groups is 2. The lowest BCUT2D eigenvalue weighted by atomic mass is 9.94. The minimum absolute atomic E-state index is 0.00298. The van der Waals surface area contributed by atoms with E-state index in [9.17, 15) is 14.4 Å². The van der Waals surface area contributed by atoms with Crippen LogP contribution in [-0.4, -0.2) is 84.6 Å². The van der Waals surface area contributed by atoms with E-state index in [1.54, 1.807) is 14.0 Å². The van der Waals surface area contributed by atoms with Crippen molar-refractivity contribution >= 4 is 18.0 Å². The maximum absolute atomic E-state index is 13.1. The Kier molecular flexibility index (Phi) is 7.97. The van der Waals surface area contributed by atoms with Gasteiger partial charge in [0, 0.05) is 51.0 Å². The van der Waals surface area contributed by atoms with Gasteiger partial charge in [0.15, 0.2) is 0 Å². The van der Waals surface area contributed by atoms with Crippen molar-refractivity contribution in [2.24, 2.45) is 0 Å². The normalized spacial score (nSPS) is 21.8. The van der Waals surface area contributed by atoms with Gasteiger partial charge < -0.3 is 20.3 Å². The van der Waals surface area contributed by atoms with Crippen LogP contribution in [0.4, 0.5) is 9.59 Å². The number of ether oxygens (including phenoxy) is 1. The molecule has 180 valence electrons. The van der Waals surface area contributed by atoms with Crippen LogP contribution in [0.1, 0.15) is 39.3 Å². The number of esters is 1. The number of likely N-dealkylation sites (N-methyl/N-ethyl adjacent to an activating group) is 1. The Balaban J connectivity index is 1.88. The van der Waals surface area contributed by atoms with Gasteiger partial charge in [-0.3, -0.25) is 9.80 Å². The van der Waals surface area contributed by atoms with E-state index >= 15 is 0 Å². The lowest BCUT2D eigenvalue weighted by Gasteiger charge is -2.42. The van der Waals surface area contributed by atoms with E-state index in [0.29, 0.717) is 37.4 Å². The third-order valence-corrected chi connectivity index (χ3v) is 5.96. The molecule has 1 saturated heterocycles. The van der Waals surface area contributed by atoms with Gasteiger partial charge in [-0.05, 0) is 33.3 Å². The van der Waals surface area contributed by atoms with Gasteiger partial charge >= 0.3 is 18.0 Å². The van der Waals surface area contributed by atoms with Crippen molar-refractivity contribution < 1.29 is 19.1 Å². The lowest BCUT2D eigenvalue weighted by Crippen LogP contribution is -2.58. The molecule has 1 aromatic carbocycles. The fraction of sp³-hybridized carbons (Fsp3) is 0.542. The molecule has 9 heteroatoms. The van der Waals surface area contributed by atoms with E-state index < -0.39 is 12.0 Å². The largest absolute Gasteiger partial charge is 0.463 e. The Labute approximate surface area is 195 Å². The third-order valence-electron chi connectivity index (χ3n) is 5.96. The van der Waals surface area contributed by atoms with Crippen molar-refractivity contribution in [1.82, 2.24) is 25.3 Å². The van der Waals surface area contributed by atoms with Gasteiger partial charge in [0.25, 0.3) is 0 Å². The zero-order valence-corrected chi connectivity index (χ0v) is 20.1. The number of amides is 4. The van der Waals surface area contributed by atoms with Crippen molar-refractivity contribution in [2.75, 3.05) is 39.8 Å². The molecular weight excluding hydrogens is 422 g/mol. The zero-order chi connectivity index (χ0) is 24.1. The lowest BCUT2D eigenvalue weighted by molar-refractivity contribution is -0.139. The average Bonchev–Trinajstić information content (AvgIpc) is 2.77. The van der Waals surface area contributed by atoms with Gasteiger partial charge in [0.05, 0.1) is 18.2 Å². The predicted molar refractivity (Wildman–Crippen MR) is 125 cm³/mol. The van der Waals surface area contributed by atoms with Crippen molar-refractivity contribution in [2.45, 2.75) is 45.8 Å². The highest BCUT2D eigenvalue weighted by Gasteiger charge is 2.38. The van der Waals surface area contributed by atoms with E-state index in [4.69, 9.17) is 4.74 Å². The summed E-state index contributed by atoms with van der Waals surface area (Å²) in [6.07, 6.45) is 0. The topological polar surface area (TPSA) is 94.2 Å². The molecule has 0 radical (unpaired) electrons. The van der Waals surface area contributed by atoms with E-state index in [-0.39, 0.29) is 30.8 Å². The summed E-state index contributed by atoms with van der Waals surface area (Å²) in [5, 5.41) is 5.89. The van der Waals surface area contributed by atoms with Gasteiger partial charge in [-0.15, -0.1) is 0 Å². The molecule has 1 aromatic rings. The number of carbonyl (C=O) groups is 3. The Morgan fingerprint density at radius 3 is 2.52 bits per heavy atom. The zero-order valence-electron chi connectivity index (χ0n) is 20.1. The number of nitrogens with zero attached hydrogens (tertiary/aromatic N) is 3. The first-order chi connectivity index (χ1) is 15.7. The molecule has 1 fully saturated rings. The molecule has 0 aliphatic carbocycles. The summed E-state index contributed by atoms with van der Waals surface area (Å²) in [6.45, 7) is 10.2. The Bertz CT molecular complexity index is 901. The van der Waals surface area contributed by atoms with Crippen molar-refractivity contribution in [3.63, 3.8) is 0 Å². The van der Waals surface area contributed by atoms with Crippen molar-refractivity contribution in [3.05, 3.63) is 47.2 Å². The smallest absolute Gasteiger partial charge is 0.338 e. The number of piperazine rings is 1. The van der Waals surface area contributed by atoms with Crippen LogP contribution in [0.3, 0.4) is 0 Å². The number of benzene rings is 1. The number of hydrogen-bond donors (Lipinski definition) is 2. The number of rotatable bonds is 6. The standard InChI is InChI=1S/C24H35N5O4/c1-6-33-22(30)20-19(27(5)23(31)26-21(20)18-10-8-7-9-11-18)15-28-12-13-29(17(4)14-28)24(32)25-16(2)3/h7-11,16-17,21H,6,12-15H2,1-5H3,(H,25,32)(H,26,31). The van der Waals surface area contributed by atoms with Gasteiger partial charge in [-0.1, -0.05) is 30.3 Å². The predicted octanol–water partition coefficient (Wildman–Crippen LogP) is 2.32. The van der Waals surface area contributed by atoms with Gasteiger partial charge in [0.1, 0.15) is 0 Å². The highest BCUT2D eigenvalue weighted by atomic mass is 16.5. The molecule has 9 nitrogen and oxygen atoms in total. The average molecular weight is 458 g/mol. The molecule has 4 amide bonds. The van der Waals surface area contributed by atoms with Gasteiger partial charge in [-0.2, -0.15) is 0 Å². The van der Waals surface area contributed by atoms with E-state index in [1.165, 1.54) is 4.90 Å². The fourth-order valence-corrected chi connectivity index (χ4v) is 4.31.